The molecular formula is C17H21FN2O. The zero-order chi connectivity index (χ0) is 15.2. The lowest BCUT2D eigenvalue weighted by molar-refractivity contribution is 0.459. The van der Waals surface area contributed by atoms with Crippen LogP contribution in [0.25, 0.3) is 0 Å². The van der Waals surface area contributed by atoms with E-state index in [1.165, 1.54) is 6.07 Å². The molecule has 4 heteroatoms. The van der Waals surface area contributed by atoms with E-state index in [4.69, 9.17) is 4.74 Å². The van der Waals surface area contributed by atoms with Crippen molar-refractivity contribution in [3.8, 4) is 11.6 Å². The fraction of sp³-hybridized carbons (Fsp3) is 0.353. The molecule has 21 heavy (non-hydrogen) atoms. The van der Waals surface area contributed by atoms with Gasteiger partial charge in [-0.15, -0.1) is 0 Å². The minimum atomic E-state index is -0.234. The van der Waals surface area contributed by atoms with Crippen LogP contribution in [0.2, 0.25) is 0 Å². The molecule has 0 saturated carbocycles. The summed E-state index contributed by atoms with van der Waals surface area (Å²) in [6.45, 7) is 7.83. The molecule has 0 spiro atoms. The summed E-state index contributed by atoms with van der Waals surface area (Å²) in [7, 11) is 0. The van der Waals surface area contributed by atoms with Gasteiger partial charge in [0.2, 0.25) is 5.88 Å². The number of pyridine rings is 1. The third kappa shape index (κ3) is 4.83. The average molecular weight is 288 g/mol. The first-order valence-corrected chi connectivity index (χ1v) is 7.14. The highest BCUT2D eigenvalue weighted by atomic mass is 19.1. The Kier molecular flexibility index (Phi) is 5.28. The molecule has 0 aliphatic carbocycles. The molecular weight excluding hydrogens is 267 g/mol. The molecule has 0 unspecified atom stereocenters. The largest absolute Gasteiger partial charge is 0.439 e. The zero-order valence-electron chi connectivity index (χ0n) is 12.7. The van der Waals surface area contributed by atoms with E-state index < -0.39 is 0 Å². The van der Waals surface area contributed by atoms with Gasteiger partial charge in [0.1, 0.15) is 11.6 Å². The van der Waals surface area contributed by atoms with Gasteiger partial charge in [0.05, 0.1) is 0 Å². The summed E-state index contributed by atoms with van der Waals surface area (Å²) in [5.41, 5.74) is 1.67. The lowest BCUT2D eigenvalue weighted by Gasteiger charge is -2.09. The lowest BCUT2D eigenvalue weighted by Crippen LogP contribution is -2.18. The minimum absolute atomic E-state index is 0.234. The molecule has 2 rings (SSSR count). The van der Waals surface area contributed by atoms with E-state index in [-0.39, 0.29) is 5.82 Å². The van der Waals surface area contributed by atoms with Crippen molar-refractivity contribution in [3.63, 3.8) is 0 Å². The summed E-state index contributed by atoms with van der Waals surface area (Å²) in [6, 6.07) is 8.46. The van der Waals surface area contributed by atoms with Crippen molar-refractivity contribution in [3.05, 3.63) is 53.5 Å². The number of ether oxygens (including phenoxy) is 1. The van der Waals surface area contributed by atoms with Gasteiger partial charge in [-0.1, -0.05) is 19.9 Å². The molecule has 0 aliphatic heterocycles. The number of benzene rings is 1. The summed E-state index contributed by atoms with van der Waals surface area (Å²) < 4.78 is 18.8. The van der Waals surface area contributed by atoms with E-state index in [0.717, 1.165) is 18.7 Å². The molecule has 1 N–H and O–H groups in total. The van der Waals surface area contributed by atoms with Gasteiger partial charge < -0.3 is 10.1 Å². The standard InChI is InChI=1S/C17H21FN2O/c1-12(2)9-19-10-14-4-7-17(20-11-14)21-15-5-6-16(18)13(3)8-15/h4-8,11-12,19H,9-10H2,1-3H3. The van der Waals surface area contributed by atoms with Crippen molar-refractivity contribution >= 4 is 0 Å². The quantitative estimate of drug-likeness (QED) is 0.870. The second-order valence-electron chi connectivity index (χ2n) is 5.54. The molecule has 3 nitrogen and oxygen atoms in total. The monoisotopic (exact) mass is 288 g/mol. The molecule has 2 aromatic rings. The molecule has 1 aromatic heterocycles. The van der Waals surface area contributed by atoms with E-state index in [1.807, 2.05) is 12.1 Å². The van der Waals surface area contributed by atoms with Gasteiger partial charge in [0.25, 0.3) is 0 Å². The number of rotatable bonds is 6. The lowest BCUT2D eigenvalue weighted by atomic mass is 10.2. The maximum absolute atomic E-state index is 13.2. The van der Waals surface area contributed by atoms with E-state index in [2.05, 4.69) is 24.1 Å². The van der Waals surface area contributed by atoms with Crippen LogP contribution in [0.1, 0.15) is 25.0 Å². The molecule has 1 aromatic carbocycles. The first-order valence-electron chi connectivity index (χ1n) is 7.14. The topological polar surface area (TPSA) is 34.1 Å². The Morgan fingerprint density at radius 2 is 2.05 bits per heavy atom. The van der Waals surface area contributed by atoms with E-state index in [0.29, 0.717) is 23.1 Å². The summed E-state index contributed by atoms with van der Waals surface area (Å²) >= 11 is 0. The van der Waals surface area contributed by atoms with Gasteiger partial charge in [-0.3, -0.25) is 0 Å². The molecule has 1 heterocycles. The summed E-state index contributed by atoms with van der Waals surface area (Å²) in [6.07, 6.45) is 1.79. The second kappa shape index (κ2) is 7.18. The Morgan fingerprint density at radius 1 is 1.24 bits per heavy atom. The summed E-state index contributed by atoms with van der Waals surface area (Å²) in [5, 5.41) is 3.36. The van der Waals surface area contributed by atoms with Gasteiger partial charge in [0.15, 0.2) is 0 Å². The molecule has 0 bridgehead atoms. The SMILES string of the molecule is Cc1cc(Oc2ccc(CNCC(C)C)cn2)ccc1F. The van der Waals surface area contributed by atoms with Gasteiger partial charge in [-0.25, -0.2) is 9.37 Å². The first kappa shape index (κ1) is 15.4. The van der Waals surface area contributed by atoms with Crippen LogP contribution >= 0.6 is 0 Å². The van der Waals surface area contributed by atoms with Crippen LogP contribution in [0.5, 0.6) is 11.6 Å². The van der Waals surface area contributed by atoms with Crippen LogP contribution in [0, 0.1) is 18.7 Å². The highest BCUT2D eigenvalue weighted by Gasteiger charge is 2.03. The van der Waals surface area contributed by atoms with Crippen molar-refractivity contribution in [2.45, 2.75) is 27.3 Å². The van der Waals surface area contributed by atoms with Crippen LogP contribution in [0.4, 0.5) is 4.39 Å². The Hall–Kier alpha value is -1.94. The highest BCUT2D eigenvalue weighted by Crippen LogP contribution is 2.21. The minimum Gasteiger partial charge on any atom is -0.439 e. The molecule has 0 radical (unpaired) electrons. The van der Waals surface area contributed by atoms with Gasteiger partial charge in [-0.2, -0.15) is 0 Å². The fourth-order valence-corrected chi connectivity index (χ4v) is 1.88. The fourth-order valence-electron chi connectivity index (χ4n) is 1.88. The number of aromatic nitrogens is 1. The van der Waals surface area contributed by atoms with Crippen LogP contribution in [-0.2, 0) is 6.54 Å². The average Bonchev–Trinajstić information content (AvgIpc) is 2.44. The third-order valence-electron chi connectivity index (χ3n) is 3.03. The summed E-state index contributed by atoms with van der Waals surface area (Å²) in [4.78, 5) is 4.27. The maximum atomic E-state index is 13.2. The second-order valence-corrected chi connectivity index (χ2v) is 5.54. The van der Waals surface area contributed by atoms with Crippen LogP contribution in [0.3, 0.4) is 0 Å². The molecule has 0 amide bonds. The number of hydrogen-bond acceptors (Lipinski definition) is 3. The van der Waals surface area contributed by atoms with Crippen LogP contribution in [0.15, 0.2) is 36.5 Å². The number of nitrogens with zero attached hydrogens (tertiary/aromatic N) is 1. The molecule has 0 fully saturated rings. The molecule has 0 aliphatic rings. The van der Waals surface area contributed by atoms with Gasteiger partial charge in [0, 0.05) is 18.8 Å². The smallest absolute Gasteiger partial charge is 0.219 e. The Bertz CT molecular complexity index is 582. The Labute approximate surface area is 125 Å². The van der Waals surface area contributed by atoms with Crippen LogP contribution in [-0.4, -0.2) is 11.5 Å². The predicted molar refractivity (Wildman–Crippen MR) is 82.0 cm³/mol. The van der Waals surface area contributed by atoms with E-state index in [1.54, 1.807) is 25.3 Å². The summed E-state index contributed by atoms with van der Waals surface area (Å²) in [5.74, 6) is 1.49. The Morgan fingerprint density at radius 3 is 2.67 bits per heavy atom. The van der Waals surface area contributed by atoms with Crippen molar-refractivity contribution in [2.75, 3.05) is 6.54 Å². The van der Waals surface area contributed by atoms with Crippen molar-refractivity contribution in [1.29, 1.82) is 0 Å². The number of aryl methyl sites for hydroxylation is 1. The number of nitrogens with one attached hydrogen (secondary N) is 1. The number of hydrogen-bond donors (Lipinski definition) is 1. The number of halogens is 1. The van der Waals surface area contributed by atoms with Crippen molar-refractivity contribution < 1.29 is 9.13 Å². The van der Waals surface area contributed by atoms with Crippen molar-refractivity contribution in [1.82, 2.24) is 10.3 Å². The molecule has 0 atom stereocenters. The normalized spacial score (nSPS) is 10.9. The van der Waals surface area contributed by atoms with Gasteiger partial charge in [-0.05, 0) is 48.7 Å². The molecule has 0 saturated heterocycles. The zero-order valence-corrected chi connectivity index (χ0v) is 12.7. The highest BCUT2D eigenvalue weighted by molar-refractivity contribution is 5.32. The first-order chi connectivity index (χ1) is 10.0. The molecule has 112 valence electrons. The maximum Gasteiger partial charge on any atom is 0.219 e. The van der Waals surface area contributed by atoms with Gasteiger partial charge >= 0.3 is 0 Å². The van der Waals surface area contributed by atoms with Crippen molar-refractivity contribution in [2.24, 2.45) is 5.92 Å². The van der Waals surface area contributed by atoms with E-state index >= 15 is 0 Å². The third-order valence-corrected chi connectivity index (χ3v) is 3.03. The van der Waals surface area contributed by atoms with E-state index in [9.17, 15) is 4.39 Å². The Balaban J connectivity index is 1.94. The predicted octanol–water partition coefficient (Wildman–Crippen LogP) is 4.07. The van der Waals surface area contributed by atoms with Crippen LogP contribution < -0.4 is 10.1 Å².